The molecule has 0 saturated carbocycles. The van der Waals surface area contributed by atoms with E-state index < -0.39 is 0 Å². The number of carbonyl (C=O) groups is 1. The van der Waals surface area contributed by atoms with Crippen molar-refractivity contribution in [3.63, 3.8) is 0 Å². The predicted molar refractivity (Wildman–Crippen MR) is 88.6 cm³/mol. The van der Waals surface area contributed by atoms with Gasteiger partial charge in [0.2, 0.25) is 5.91 Å². The third kappa shape index (κ3) is 3.25. The molecule has 1 fully saturated rings. The van der Waals surface area contributed by atoms with Crippen LogP contribution in [0.1, 0.15) is 19.8 Å². The molecule has 22 heavy (non-hydrogen) atoms. The minimum absolute atomic E-state index is 0.00197. The Hall–Kier alpha value is -1.59. The summed E-state index contributed by atoms with van der Waals surface area (Å²) in [5.41, 5.74) is 1.43. The smallest absolute Gasteiger partial charge is 0.217 e. The summed E-state index contributed by atoms with van der Waals surface area (Å²) in [6.45, 7) is 3.18. The summed E-state index contributed by atoms with van der Waals surface area (Å²) in [5.74, 6) is 0.791. The Morgan fingerprint density at radius 2 is 2.05 bits per heavy atom. The zero-order valence-corrected chi connectivity index (χ0v) is 13.7. The molecule has 1 aromatic carbocycles. The normalized spacial score (nSPS) is 18.5. The number of nitrogens with one attached hydrogen (secondary N) is 1. The molecule has 2 aromatic rings. The second-order valence-corrected chi connectivity index (χ2v) is 6.28. The zero-order valence-electron chi connectivity index (χ0n) is 12.1. The Kier molecular flexibility index (Phi) is 4.36. The molecule has 1 unspecified atom stereocenters. The first kappa shape index (κ1) is 15.3. The van der Waals surface area contributed by atoms with E-state index in [4.69, 9.17) is 23.2 Å². The van der Waals surface area contributed by atoms with Gasteiger partial charge in [0.1, 0.15) is 5.82 Å². The van der Waals surface area contributed by atoms with Gasteiger partial charge in [-0.05, 0) is 25.0 Å². The first-order valence-electron chi connectivity index (χ1n) is 7.17. The highest BCUT2D eigenvalue weighted by molar-refractivity contribution is 6.42. The van der Waals surface area contributed by atoms with E-state index in [1.807, 2.05) is 0 Å². The third-order valence-corrected chi connectivity index (χ3v) is 4.45. The molecule has 7 heteroatoms. The minimum atomic E-state index is -0.00197. The minimum Gasteiger partial charge on any atom is -0.353 e. The quantitative estimate of drug-likeness (QED) is 0.914. The van der Waals surface area contributed by atoms with E-state index in [9.17, 15) is 4.79 Å². The van der Waals surface area contributed by atoms with Gasteiger partial charge in [0.05, 0.1) is 27.3 Å². The molecule has 3 rings (SSSR count). The third-order valence-electron chi connectivity index (χ3n) is 3.72. The number of piperidine rings is 1. The molecule has 1 atom stereocenters. The number of fused-ring (bicyclic) bond motifs is 1. The van der Waals surface area contributed by atoms with Crippen LogP contribution in [0, 0.1) is 0 Å². The molecule has 2 heterocycles. The summed E-state index contributed by atoms with van der Waals surface area (Å²) in [7, 11) is 0. The maximum absolute atomic E-state index is 11.2. The van der Waals surface area contributed by atoms with Crippen molar-refractivity contribution >= 4 is 46.0 Å². The summed E-state index contributed by atoms with van der Waals surface area (Å²) in [5, 5.41) is 3.91. The average molecular weight is 339 g/mol. The lowest BCUT2D eigenvalue weighted by Crippen LogP contribution is -2.47. The van der Waals surface area contributed by atoms with Crippen LogP contribution in [0.2, 0.25) is 10.0 Å². The first-order chi connectivity index (χ1) is 10.5. The van der Waals surface area contributed by atoms with E-state index in [0.29, 0.717) is 21.1 Å². The van der Waals surface area contributed by atoms with E-state index in [2.05, 4.69) is 20.2 Å². The second kappa shape index (κ2) is 6.26. The molecule has 0 bridgehead atoms. The monoisotopic (exact) mass is 338 g/mol. The van der Waals surface area contributed by atoms with E-state index in [-0.39, 0.29) is 11.9 Å². The number of hydrogen-bond acceptors (Lipinski definition) is 4. The number of amides is 1. The van der Waals surface area contributed by atoms with Crippen LogP contribution in [0.5, 0.6) is 0 Å². The lowest BCUT2D eigenvalue weighted by Gasteiger charge is -2.33. The molecule has 1 aliphatic heterocycles. The van der Waals surface area contributed by atoms with Crippen molar-refractivity contribution in [1.29, 1.82) is 0 Å². The van der Waals surface area contributed by atoms with E-state index in [0.717, 1.165) is 31.7 Å². The molecule has 0 spiro atoms. The maximum Gasteiger partial charge on any atom is 0.217 e. The van der Waals surface area contributed by atoms with E-state index in [1.54, 1.807) is 25.3 Å². The fourth-order valence-electron chi connectivity index (χ4n) is 2.74. The Morgan fingerprint density at radius 1 is 1.32 bits per heavy atom. The molecule has 1 N–H and O–H groups in total. The average Bonchev–Trinajstić information content (AvgIpc) is 2.47. The van der Waals surface area contributed by atoms with Crippen molar-refractivity contribution in [3.05, 3.63) is 28.4 Å². The summed E-state index contributed by atoms with van der Waals surface area (Å²) < 4.78 is 0. The van der Waals surface area contributed by atoms with Gasteiger partial charge in [0.25, 0.3) is 0 Å². The molecular weight excluding hydrogens is 323 g/mol. The predicted octanol–water partition coefficient (Wildman–Crippen LogP) is 3.04. The van der Waals surface area contributed by atoms with Gasteiger partial charge in [-0.2, -0.15) is 0 Å². The van der Waals surface area contributed by atoms with Crippen molar-refractivity contribution in [1.82, 2.24) is 15.3 Å². The molecule has 1 amide bonds. The maximum atomic E-state index is 11.2. The van der Waals surface area contributed by atoms with Crippen LogP contribution in [-0.4, -0.2) is 35.0 Å². The van der Waals surface area contributed by atoms with Gasteiger partial charge >= 0.3 is 0 Å². The van der Waals surface area contributed by atoms with Crippen molar-refractivity contribution in [3.8, 4) is 0 Å². The number of benzene rings is 1. The number of carbonyl (C=O) groups excluding carboxylic acids is 1. The van der Waals surface area contributed by atoms with Gasteiger partial charge in [-0.25, -0.2) is 4.98 Å². The topological polar surface area (TPSA) is 58.1 Å². The fourth-order valence-corrected chi connectivity index (χ4v) is 3.06. The van der Waals surface area contributed by atoms with Crippen LogP contribution in [0.15, 0.2) is 18.3 Å². The van der Waals surface area contributed by atoms with Crippen molar-refractivity contribution in [2.45, 2.75) is 25.8 Å². The van der Waals surface area contributed by atoms with Gasteiger partial charge in [-0.3, -0.25) is 9.78 Å². The Balaban J connectivity index is 1.86. The lowest BCUT2D eigenvalue weighted by molar-refractivity contribution is -0.119. The van der Waals surface area contributed by atoms with Crippen LogP contribution in [0.25, 0.3) is 11.0 Å². The van der Waals surface area contributed by atoms with Crippen LogP contribution in [0.4, 0.5) is 5.82 Å². The van der Waals surface area contributed by atoms with Gasteiger partial charge < -0.3 is 10.2 Å². The van der Waals surface area contributed by atoms with Crippen molar-refractivity contribution < 1.29 is 4.79 Å². The van der Waals surface area contributed by atoms with E-state index in [1.165, 1.54) is 0 Å². The van der Waals surface area contributed by atoms with Gasteiger partial charge in [0, 0.05) is 26.1 Å². The molecule has 1 saturated heterocycles. The summed E-state index contributed by atoms with van der Waals surface area (Å²) in [6.07, 6.45) is 3.73. The molecule has 5 nitrogen and oxygen atoms in total. The van der Waals surface area contributed by atoms with Crippen molar-refractivity contribution in [2.24, 2.45) is 0 Å². The second-order valence-electron chi connectivity index (χ2n) is 5.47. The number of rotatable bonds is 2. The lowest BCUT2D eigenvalue weighted by atomic mass is 10.1. The largest absolute Gasteiger partial charge is 0.353 e. The molecule has 116 valence electrons. The van der Waals surface area contributed by atoms with Gasteiger partial charge in [0.15, 0.2) is 0 Å². The van der Waals surface area contributed by atoms with E-state index >= 15 is 0 Å². The van der Waals surface area contributed by atoms with Crippen LogP contribution in [0.3, 0.4) is 0 Å². The standard InChI is InChI=1S/C15H16Cl2N4O/c1-9(22)19-10-3-2-4-21(8-10)15-7-18-13-5-11(16)12(17)6-14(13)20-15/h5-7,10H,2-4,8H2,1H3,(H,19,22). The molecule has 0 aliphatic carbocycles. The first-order valence-corrected chi connectivity index (χ1v) is 7.92. The molecule has 1 aliphatic rings. The highest BCUT2D eigenvalue weighted by atomic mass is 35.5. The van der Waals surface area contributed by atoms with Crippen molar-refractivity contribution in [2.75, 3.05) is 18.0 Å². The number of anilines is 1. The fraction of sp³-hybridized carbons (Fsp3) is 0.400. The van der Waals surface area contributed by atoms with Gasteiger partial charge in [-0.15, -0.1) is 0 Å². The SMILES string of the molecule is CC(=O)NC1CCCN(c2cnc3cc(Cl)c(Cl)cc3n2)C1. The summed E-state index contributed by atoms with van der Waals surface area (Å²) in [4.78, 5) is 22.4. The number of hydrogen-bond donors (Lipinski definition) is 1. The summed E-state index contributed by atoms with van der Waals surface area (Å²) >= 11 is 12.0. The van der Waals surface area contributed by atoms with Gasteiger partial charge in [-0.1, -0.05) is 23.2 Å². The Labute approximate surface area is 138 Å². The van der Waals surface area contributed by atoms with Crippen LogP contribution >= 0.6 is 23.2 Å². The molecule has 0 radical (unpaired) electrons. The molecular formula is C15H16Cl2N4O. The zero-order chi connectivity index (χ0) is 15.7. The van der Waals surface area contributed by atoms with Crippen LogP contribution in [-0.2, 0) is 4.79 Å². The molecule has 1 aromatic heterocycles. The number of aromatic nitrogens is 2. The highest BCUT2D eigenvalue weighted by Crippen LogP contribution is 2.27. The summed E-state index contributed by atoms with van der Waals surface area (Å²) in [6, 6.07) is 3.59. The number of nitrogens with zero attached hydrogens (tertiary/aromatic N) is 3. The number of halogens is 2. The van der Waals surface area contributed by atoms with Crippen LogP contribution < -0.4 is 10.2 Å². The Bertz CT molecular complexity index is 722. The Morgan fingerprint density at radius 3 is 2.77 bits per heavy atom. The highest BCUT2D eigenvalue weighted by Gasteiger charge is 2.22.